The van der Waals surface area contributed by atoms with Gasteiger partial charge in [-0.05, 0) is 5.76 Å². The Hall–Kier alpha value is -0.740. The fourth-order valence-corrected chi connectivity index (χ4v) is 1.47. The number of cyclic esters (lactones) is 1. The molecule has 146 valence electrons. The third kappa shape index (κ3) is 7.48. The van der Waals surface area contributed by atoms with Crippen LogP contribution in [0.3, 0.4) is 0 Å². The molecule has 0 aromatic heterocycles. The molecule has 0 bridgehead atoms. The minimum Gasteiger partial charge on any atom is -0.870 e. The second-order valence-electron chi connectivity index (χ2n) is 4.78. The molecule has 1 aliphatic rings. The van der Waals surface area contributed by atoms with Crippen molar-refractivity contribution in [2.45, 2.75) is 36.6 Å². The number of aliphatic hydroxyl groups excluding tert-OH is 8. The average Bonchev–Trinajstić information content (AvgIpc) is 2.86. The van der Waals surface area contributed by atoms with E-state index in [9.17, 15) is 19.8 Å². The van der Waals surface area contributed by atoms with Crippen LogP contribution in [0.15, 0.2) is 11.5 Å². The van der Waals surface area contributed by atoms with Crippen molar-refractivity contribution < 1.29 is 65.4 Å². The number of esters is 1. The third-order valence-corrected chi connectivity index (χ3v) is 2.95. The van der Waals surface area contributed by atoms with Crippen LogP contribution in [0, 0.1) is 0 Å². The van der Waals surface area contributed by atoms with Gasteiger partial charge in [0.1, 0.15) is 36.6 Å². The molecule has 0 aromatic carbocycles. The van der Waals surface area contributed by atoms with E-state index < -0.39 is 73.3 Å². The zero-order chi connectivity index (χ0) is 19.9. The number of carbonyl (C=O) groups is 2. The zero-order valence-electron chi connectivity index (χ0n) is 13.2. The van der Waals surface area contributed by atoms with Crippen LogP contribution in [-0.2, 0) is 14.3 Å². The van der Waals surface area contributed by atoms with Gasteiger partial charge in [0.2, 0.25) is 0 Å². The third-order valence-electron chi connectivity index (χ3n) is 2.95. The molecule has 1 rings (SSSR count). The second-order valence-corrected chi connectivity index (χ2v) is 4.78. The zero-order valence-corrected chi connectivity index (χ0v) is 15.4. The Morgan fingerprint density at radius 3 is 1.88 bits per heavy atom. The number of carbonyl (C=O) groups excluding carboxylic acids is 2. The van der Waals surface area contributed by atoms with E-state index in [1.807, 2.05) is 0 Å². The fraction of sp³-hybridized carbons (Fsp3) is 0.667. The first-order valence-corrected chi connectivity index (χ1v) is 6.63. The first-order valence-electron chi connectivity index (χ1n) is 6.63. The molecule has 6 atom stereocenters. The summed E-state index contributed by atoms with van der Waals surface area (Å²) in [5.41, 5.74) is 0. The molecule has 0 saturated heterocycles. The molecule has 13 nitrogen and oxygen atoms in total. The number of carboxylic acid groups (broad SMARTS) is 1. The van der Waals surface area contributed by atoms with Gasteiger partial charge in [0.15, 0.2) is 5.76 Å². The largest absolute Gasteiger partial charge is 2.00 e. The molecule has 8 N–H and O–H groups in total. The smallest absolute Gasteiger partial charge is 0.870 e. The Morgan fingerprint density at radius 2 is 1.58 bits per heavy atom. The Bertz CT molecular complexity index is 496. The molecule has 0 unspecified atom stereocenters. The van der Waals surface area contributed by atoms with Crippen molar-refractivity contribution in [1.82, 2.24) is 0 Å². The van der Waals surface area contributed by atoms with E-state index in [1.54, 1.807) is 0 Å². The van der Waals surface area contributed by atoms with E-state index in [0.29, 0.717) is 0 Å². The van der Waals surface area contributed by atoms with Crippen LogP contribution in [-0.4, -0.2) is 140 Å². The number of hydrogen-bond donors (Lipinski definition) is 8. The van der Waals surface area contributed by atoms with Gasteiger partial charge in [-0.15, -0.1) is 0 Å². The van der Waals surface area contributed by atoms with Gasteiger partial charge in [0.25, 0.3) is 0 Å². The molecule has 0 saturated carbocycles. The summed E-state index contributed by atoms with van der Waals surface area (Å²) in [4.78, 5) is 20.5. The summed E-state index contributed by atoms with van der Waals surface area (Å²) < 4.78 is 4.25. The molecule has 0 aromatic rings. The summed E-state index contributed by atoms with van der Waals surface area (Å²) in [6.45, 7) is -1.57. The maximum absolute atomic E-state index is 10.8. The van der Waals surface area contributed by atoms with E-state index in [4.69, 9.17) is 40.9 Å². The molecule has 0 spiro atoms. The molecule has 0 aliphatic carbocycles. The maximum atomic E-state index is 10.8. The summed E-state index contributed by atoms with van der Waals surface area (Å²) in [7, 11) is 0. The summed E-state index contributed by atoms with van der Waals surface area (Å²) >= 11 is 0. The number of ether oxygens (including phenoxy) is 1. The summed E-state index contributed by atoms with van der Waals surface area (Å²) in [5, 5.41) is 90.2. The van der Waals surface area contributed by atoms with Crippen molar-refractivity contribution in [3.8, 4) is 0 Å². The van der Waals surface area contributed by atoms with Crippen molar-refractivity contribution in [3.63, 3.8) is 0 Å². The molecular weight excluding hydrogens is 392 g/mol. The van der Waals surface area contributed by atoms with Crippen LogP contribution in [0.2, 0.25) is 0 Å². The summed E-state index contributed by atoms with van der Waals surface area (Å²) in [6, 6.07) is 0. The van der Waals surface area contributed by atoms with Crippen molar-refractivity contribution >= 4 is 49.7 Å². The second kappa shape index (κ2) is 12.6. The molecule has 1 aliphatic heterocycles. The maximum Gasteiger partial charge on any atom is 2.00 e. The van der Waals surface area contributed by atoms with E-state index in [2.05, 4.69) is 4.74 Å². The van der Waals surface area contributed by atoms with Crippen LogP contribution in [0.25, 0.3) is 0 Å². The minimum atomic E-state index is -2.31. The van der Waals surface area contributed by atoms with Crippen LogP contribution < -0.4 is 10.2 Å². The number of aliphatic hydroxyl groups is 8. The first-order chi connectivity index (χ1) is 11.5. The van der Waals surface area contributed by atoms with Crippen molar-refractivity contribution in [2.24, 2.45) is 0 Å². The van der Waals surface area contributed by atoms with Crippen molar-refractivity contribution in [3.05, 3.63) is 11.5 Å². The van der Waals surface area contributed by atoms with Crippen LogP contribution in [0.4, 0.5) is 0 Å². The predicted molar refractivity (Wildman–Crippen MR) is 74.5 cm³/mol. The van der Waals surface area contributed by atoms with E-state index in [-0.39, 0.29) is 37.7 Å². The molecule has 26 heavy (non-hydrogen) atoms. The molecule has 0 amide bonds. The van der Waals surface area contributed by atoms with Gasteiger partial charge in [-0.3, -0.25) is 0 Å². The van der Waals surface area contributed by atoms with Gasteiger partial charge in [-0.2, -0.15) is 0 Å². The van der Waals surface area contributed by atoms with Crippen LogP contribution in [0.5, 0.6) is 0 Å². The van der Waals surface area contributed by atoms with Gasteiger partial charge in [-0.1, -0.05) is 0 Å². The molecule has 0 radical (unpaired) electrons. The Kier molecular flexibility index (Phi) is 13.3. The minimum absolute atomic E-state index is 0. The number of aliphatic carboxylic acids is 1. The predicted octanol–water partition coefficient (Wildman–Crippen LogP) is -7.81. The number of rotatable bonds is 7. The van der Waals surface area contributed by atoms with Gasteiger partial charge in [0.05, 0.1) is 19.2 Å². The summed E-state index contributed by atoms with van der Waals surface area (Å²) in [6.07, 6.45) is -11.0. The molecule has 1 heterocycles. The SMILES string of the molecule is O=C([O-])[C@H](O)[C@@H](O)[C@H](O)[C@H](O)CO.O=C1O[C@H]([C@@H](O)CO)C([O-])=C1O.[Ca+2]. The normalized spacial score (nSPS) is 22.1. The topological polar surface area (TPSA) is 251 Å². The standard InChI is InChI=1S/C6H12O7.C6H8O6.Ca/c7-1-2(8)3(9)4(10)5(11)6(12)13;7-1-2(8)5-3(9)4(10)6(11)12-5;/h2-5,7-11H,1H2,(H,12,13);2,5,7-10H,1H2;/q;;+2/p-2/t2-,3-,4+,5-;2-,5+;/m10./s1. The average molecular weight is 410 g/mol. The Balaban J connectivity index is 0. The number of hydrogen-bond acceptors (Lipinski definition) is 13. The summed E-state index contributed by atoms with van der Waals surface area (Å²) in [5.74, 6) is -5.18. The van der Waals surface area contributed by atoms with Gasteiger partial charge in [-0.25, -0.2) is 4.79 Å². The van der Waals surface area contributed by atoms with Crippen LogP contribution in [0.1, 0.15) is 0 Å². The van der Waals surface area contributed by atoms with E-state index in [0.717, 1.165) is 0 Å². The molecular formula is C12H18CaO13. The van der Waals surface area contributed by atoms with E-state index >= 15 is 0 Å². The quantitative estimate of drug-likeness (QED) is 0.143. The van der Waals surface area contributed by atoms with Crippen molar-refractivity contribution in [2.75, 3.05) is 13.2 Å². The monoisotopic (exact) mass is 410 g/mol. The Morgan fingerprint density at radius 1 is 1.08 bits per heavy atom. The fourth-order valence-electron chi connectivity index (χ4n) is 1.47. The van der Waals surface area contributed by atoms with Gasteiger partial charge < -0.3 is 60.6 Å². The Labute approximate surface area is 176 Å². The molecule has 14 heteroatoms. The van der Waals surface area contributed by atoms with E-state index in [1.165, 1.54) is 0 Å². The van der Waals surface area contributed by atoms with Gasteiger partial charge in [0, 0.05) is 0 Å². The van der Waals surface area contributed by atoms with Crippen LogP contribution >= 0.6 is 0 Å². The molecule has 0 fully saturated rings. The van der Waals surface area contributed by atoms with Gasteiger partial charge >= 0.3 is 43.7 Å². The number of carboxylic acids is 1. The first kappa shape index (κ1) is 27.5. The van der Waals surface area contributed by atoms with Crippen molar-refractivity contribution in [1.29, 1.82) is 0 Å².